The topological polar surface area (TPSA) is 83.7 Å². The highest BCUT2D eigenvalue weighted by Gasteiger charge is 2.26. The normalized spacial score (nSPS) is 21.0. The highest BCUT2D eigenvalue weighted by molar-refractivity contribution is 7.19. The lowest BCUT2D eigenvalue weighted by atomic mass is 10.0. The van der Waals surface area contributed by atoms with Crippen molar-refractivity contribution >= 4 is 39.7 Å². The molecule has 0 unspecified atom stereocenters. The Balaban J connectivity index is 1.30. The number of hydrogen-bond acceptors (Lipinski definition) is 6. The number of amides is 2. The van der Waals surface area contributed by atoms with Crippen LogP contribution in [0.4, 0.5) is 0 Å². The summed E-state index contributed by atoms with van der Waals surface area (Å²) in [5.74, 6) is 0.748. The molecule has 2 aliphatic rings. The van der Waals surface area contributed by atoms with E-state index in [-0.39, 0.29) is 30.3 Å². The number of halogens is 1. The number of likely N-dealkylation sites (tertiary alicyclic amines) is 2. The van der Waals surface area contributed by atoms with Crippen molar-refractivity contribution in [1.29, 1.82) is 0 Å². The molecule has 4 heterocycles. The molecule has 0 bridgehead atoms. The van der Waals surface area contributed by atoms with Gasteiger partial charge in [0.1, 0.15) is 5.01 Å². The average molecular weight is 515 g/mol. The number of rotatable bonds is 5. The Morgan fingerprint density at radius 2 is 1.63 bits per heavy atom. The molecular formula is C25H31ClN6O2S. The van der Waals surface area contributed by atoms with Crippen LogP contribution in [-0.2, 0) is 22.4 Å². The van der Waals surface area contributed by atoms with Crippen LogP contribution in [0.15, 0.2) is 18.2 Å². The van der Waals surface area contributed by atoms with Crippen LogP contribution in [0.5, 0.6) is 0 Å². The number of carbonyl (C=O) groups is 2. The van der Waals surface area contributed by atoms with E-state index in [1.54, 1.807) is 4.52 Å². The second-order valence-corrected chi connectivity index (χ2v) is 11.1. The van der Waals surface area contributed by atoms with Crippen LogP contribution in [0.2, 0.25) is 5.02 Å². The van der Waals surface area contributed by atoms with Crippen LogP contribution in [0.3, 0.4) is 0 Å². The predicted molar refractivity (Wildman–Crippen MR) is 137 cm³/mol. The number of fused-ring (bicyclic) bond motifs is 1. The third-order valence-electron chi connectivity index (χ3n) is 7.25. The molecule has 2 fully saturated rings. The van der Waals surface area contributed by atoms with Crippen molar-refractivity contribution in [3.63, 3.8) is 0 Å². The van der Waals surface area contributed by atoms with Gasteiger partial charge < -0.3 is 9.80 Å². The van der Waals surface area contributed by atoms with Gasteiger partial charge in [-0.15, -0.1) is 10.2 Å². The van der Waals surface area contributed by atoms with E-state index in [0.717, 1.165) is 54.9 Å². The van der Waals surface area contributed by atoms with Crippen molar-refractivity contribution in [2.45, 2.75) is 77.3 Å². The summed E-state index contributed by atoms with van der Waals surface area (Å²) < 4.78 is 1.66. The molecule has 186 valence electrons. The summed E-state index contributed by atoms with van der Waals surface area (Å²) in [5, 5.41) is 14.4. The van der Waals surface area contributed by atoms with Gasteiger partial charge in [0.15, 0.2) is 5.82 Å². The third-order valence-corrected chi connectivity index (χ3v) is 8.55. The number of nitrogens with zero attached hydrogens (tertiary/aromatic N) is 6. The molecule has 0 N–H and O–H groups in total. The summed E-state index contributed by atoms with van der Waals surface area (Å²) in [6.07, 6.45) is 7.05. The molecule has 1 aromatic carbocycles. The zero-order valence-corrected chi connectivity index (χ0v) is 21.8. The third kappa shape index (κ3) is 5.07. The first-order valence-electron chi connectivity index (χ1n) is 12.5. The number of hydrogen-bond donors (Lipinski definition) is 0. The minimum atomic E-state index is 0.0705. The molecule has 2 aromatic heterocycles. The minimum Gasteiger partial charge on any atom is -0.340 e. The van der Waals surface area contributed by atoms with Crippen LogP contribution < -0.4 is 0 Å². The van der Waals surface area contributed by atoms with Gasteiger partial charge in [-0.05, 0) is 64.0 Å². The number of carbonyl (C=O) groups excluding carboxylic acids is 2. The first-order valence-corrected chi connectivity index (χ1v) is 13.7. The fourth-order valence-corrected chi connectivity index (χ4v) is 6.25. The first kappa shape index (κ1) is 24.2. The molecule has 2 atom stereocenters. The van der Waals surface area contributed by atoms with Crippen LogP contribution in [0.25, 0.3) is 15.5 Å². The maximum atomic E-state index is 12.9. The lowest BCUT2D eigenvalue weighted by Crippen LogP contribution is -2.43. The Hall–Kier alpha value is -2.52. The zero-order chi connectivity index (χ0) is 24.5. The van der Waals surface area contributed by atoms with E-state index in [4.69, 9.17) is 11.6 Å². The van der Waals surface area contributed by atoms with E-state index in [2.05, 4.69) is 29.1 Å². The molecule has 3 aromatic rings. The molecule has 0 spiro atoms. The Morgan fingerprint density at radius 3 is 2.26 bits per heavy atom. The van der Waals surface area contributed by atoms with Crippen LogP contribution in [0, 0.1) is 0 Å². The van der Waals surface area contributed by atoms with E-state index in [9.17, 15) is 9.59 Å². The summed E-state index contributed by atoms with van der Waals surface area (Å²) in [7, 11) is 0. The Labute approximate surface area is 214 Å². The summed E-state index contributed by atoms with van der Waals surface area (Å²) in [6.45, 7) is 5.84. The maximum Gasteiger partial charge on any atom is 0.234 e. The lowest BCUT2D eigenvalue weighted by molar-refractivity contribution is -0.134. The van der Waals surface area contributed by atoms with E-state index in [0.29, 0.717) is 22.2 Å². The van der Waals surface area contributed by atoms with Gasteiger partial charge in [-0.2, -0.15) is 9.61 Å². The highest BCUT2D eigenvalue weighted by Crippen LogP contribution is 2.30. The van der Waals surface area contributed by atoms with Gasteiger partial charge in [-0.1, -0.05) is 35.1 Å². The van der Waals surface area contributed by atoms with Gasteiger partial charge in [0.2, 0.25) is 16.8 Å². The quantitative estimate of drug-likeness (QED) is 0.504. The Bertz CT molecular complexity index is 1240. The minimum absolute atomic E-state index is 0.0705. The summed E-state index contributed by atoms with van der Waals surface area (Å²) in [5.41, 5.74) is 1.68. The van der Waals surface area contributed by atoms with Crippen molar-refractivity contribution in [3.8, 4) is 10.6 Å². The SMILES string of the molecule is C[C@H]1CCCCN1C(=O)Cc1ccc(-c2nn3c(CC(=O)N4CCCC[C@@H]4C)nnc3s2)cc1Cl. The van der Waals surface area contributed by atoms with Crippen molar-refractivity contribution in [1.82, 2.24) is 29.6 Å². The van der Waals surface area contributed by atoms with E-state index >= 15 is 0 Å². The summed E-state index contributed by atoms with van der Waals surface area (Å²) >= 11 is 8.00. The van der Waals surface area contributed by atoms with Gasteiger partial charge >= 0.3 is 0 Å². The van der Waals surface area contributed by atoms with Crippen LogP contribution in [0.1, 0.15) is 63.8 Å². The molecular weight excluding hydrogens is 484 g/mol. The zero-order valence-electron chi connectivity index (χ0n) is 20.2. The molecule has 10 heteroatoms. The van der Waals surface area contributed by atoms with Gasteiger partial charge in [-0.25, -0.2) is 0 Å². The molecule has 5 rings (SSSR count). The second-order valence-electron chi connectivity index (χ2n) is 9.74. The molecule has 0 radical (unpaired) electrons. The molecule has 2 saturated heterocycles. The van der Waals surface area contributed by atoms with Crippen molar-refractivity contribution in [2.75, 3.05) is 13.1 Å². The Kier molecular flexibility index (Phi) is 7.07. The molecule has 2 aliphatic heterocycles. The van der Waals surface area contributed by atoms with E-state index in [1.807, 2.05) is 28.0 Å². The summed E-state index contributed by atoms with van der Waals surface area (Å²) in [4.78, 5) is 30.3. The van der Waals surface area contributed by atoms with Crippen LogP contribution >= 0.6 is 22.9 Å². The molecule has 8 nitrogen and oxygen atoms in total. The average Bonchev–Trinajstić information content (AvgIpc) is 3.43. The second kappa shape index (κ2) is 10.2. The van der Waals surface area contributed by atoms with Crippen molar-refractivity contribution < 1.29 is 9.59 Å². The largest absolute Gasteiger partial charge is 0.340 e. The smallest absolute Gasteiger partial charge is 0.234 e. The van der Waals surface area contributed by atoms with Gasteiger partial charge in [-0.3, -0.25) is 9.59 Å². The molecule has 0 saturated carbocycles. The fourth-order valence-electron chi connectivity index (χ4n) is 5.15. The molecule has 0 aliphatic carbocycles. The maximum absolute atomic E-state index is 12.9. The predicted octanol–water partition coefficient (Wildman–Crippen LogP) is 4.39. The van der Waals surface area contributed by atoms with E-state index in [1.165, 1.54) is 24.2 Å². The van der Waals surface area contributed by atoms with Crippen molar-refractivity contribution in [3.05, 3.63) is 34.6 Å². The lowest BCUT2D eigenvalue weighted by Gasteiger charge is -2.33. The van der Waals surface area contributed by atoms with Gasteiger partial charge in [0, 0.05) is 35.8 Å². The highest BCUT2D eigenvalue weighted by atomic mass is 35.5. The molecule has 2 amide bonds. The van der Waals surface area contributed by atoms with Crippen molar-refractivity contribution in [2.24, 2.45) is 0 Å². The fraction of sp³-hybridized carbons (Fsp3) is 0.560. The molecule has 35 heavy (non-hydrogen) atoms. The number of aromatic nitrogens is 4. The number of piperidine rings is 2. The van der Waals surface area contributed by atoms with Gasteiger partial charge in [0.05, 0.1) is 12.8 Å². The van der Waals surface area contributed by atoms with Crippen LogP contribution in [-0.4, -0.2) is 66.6 Å². The standard InChI is InChI=1S/C25H31ClN6O2S/c1-16-7-3-5-11-30(16)22(33)14-18-9-10-19(13-20(18)26)24-29-32-21(27-28-25(32)35-24)15-23(34)31-12-6-4-8-17(31)2/h9-10,13,16-17H,3-8,11-12,14-15H2,1-2H3/t16-,17-/m0/s1. The first-order chi connectivity index (χ1) is 16.9. The Morgan fingerprint density at radius 1 is 0.971 bits per heavy atom. The van der Waals surface area contributed by atoms with E-state index < -0.39 is 0 Å². The summed E-state index contributed by atoms with van der Waals surface area (Å²) in [6, 6.07) is 6.26. The van der Waals surface area contributed by atoms with Gasteiger partial charge in [0.25, 0.3) is 0 Å². The monoisotopic (exact) mass is 514 g/mol. The number of benzene rings is 1.